The third kappa shape index (κ3) is 3.40. The van der Waals surface area contributed by atoms with Crippen molar-refractivity contribution in [3.8, 4) is 5.75 Å². The molecule has 0 heterocycles. The monoisotopic (exact) mass is 227 g/mol. The molecule has 0 radical (unpaired) electrons. The van der Waals surface area contributed by atoms with E-state index in [9.17, 15) is 0 Å². The highest BCUT2D eigenvalue weighted by atomic mass is 35.5. The van der Waals surface area contributed by atoms with E-state index < -0.39 is 0 Å². The van der Waals surface area contributed by atoms with Crippen LogP contribution in [0, 0.1) is 6.92 Å². The summed E-state index contributed by atoms with van der Waals surface area (Å²) in [5, 5.41) is 0.736. The molecular formula is C12H18ClNO. The SMILES string of the molecule is COc1cc(C)cc(CCCCN)c1Cl. The molecule has 0 atom stereocenters. The molecule has 0 bridgehead atoms. The van der Waals surface area contributed by atoms with Crippen LogP contribution in [-0.2, 0) is 6.42 Å². The van der Waals surface area contributed by atoms with Gasteiger partial charge in [-0.3, -0.25) is 0 Å². The number of hydrogen-bond acceptors (Lipinski definition) is 2. The van der Waals surface area contributed by atoms with Gasteiger partial charge in [0.05, 0.1) is 12.1 Å². The molecule has 0 aromatic heterocycles. The molecule has 0 saturated carbocycles. The number of nitrogens with two attached hydrogens (primary N) is 1. The average molecular weight is 228 g/mol. The van der Waals surface area contributed by atoms with Crippen molar-refractivity contribution < 1.29 is 4.74 Å². The molecule has 0 aliphatic carbocycles. The summed E-state index contributed by atoms with van der Waals surface area (Å²) in [6, 6.07) is 4.07. The first-order valence-corrected chi connectivity index (χ1v) is 5.60. The largest absolute Gasteiger partial charge is 0.495 e. The number of unbranched alkanes of at least 4 members (excludes halogenated alkanes) is 1. The Morgan fingerprint density at radius 1 is 1.33 bits per heavy atom. The van der Waals surface area contributed by atoms with Gasteiger partial charge in [0.1, 0.15) is 5.75 Å². The van der Waals surface area contributed by atoms with Gasteiger partial charge in [-0.05, 0) is 49.9 Å². The smallest absolute Gasteiger partial charge is 0.137 e. The molecule has 1 aromatic rings. The number of aryl methyl sites for hydroxylation is 2. The lowest BCUT2D eigenvalue weighted by Crippen LogP contribution is -2.00. The van der Waals surface area contributed by atoms with Gasteiger partial charge in [0, 0.05) is 0 Å². The maximum absolute atomic E-state index is 6.20. The van der Waals surface area contributed by atoms with E-state index in [4.69, 9.17) is 22.1 Å². The average Bonchev–Trinajstić information content (AvgIpc) is 2.23. The predicted molar refractivity (Wildman–Crippen MR) is 64.7 cm³/mol. The van der Waals surface area contributed by atoms with E-state index in [1.54, 1.807) is 7.11 Å². The van der Waals surface area contributed by atoms with Gasteiger partial charge >= 0.3 is 0 Å². The second-order valence-electron chi connectivity index (χ2n) is 3.69. The molecule has 3 heteroatoms. The highest BCUT2D eigenvalue weighted by molar-refractivity contribution is 6.32. The summed E-state index contributed by atoms with van der Waals surface area (Å²) in [7, 11) is 1.64. The summed E-state index contributed by atoms with van der Waals surface area (Å²) in [5.74, 6) is 0.763. The zero-order valence-electron chi connectivity index (χ0n) is 9.35. The van der Waals surface area contributed by atoms with Gasteiger partial charge in [0.15, 0.2) is 0 Å². The predicted octanol–water partition coefficient (Wildman–Crippen LogP) is 2.94. The van der Waals surface area contributed by atoms with Crippen LogP contribution < -0.4 is 10.5 Å². The van der Waals surface area contributed by atoms with Gasteiger partial charge in [-0.2, -0.15) is 0 Å². The molecule has 15 heavy (non-hydrogen) atoms. The second kappa shape index (κ2) is 5.99. The summed E-state index contributed by atoms with van der Waals surface area (Å²) in [6.07, 6.45) is 3.07. The number of ether oxygens (including phenoxy) is 1. The van der Waals surface area contributed by atoms with Crippen LogP contribution in [-0.4, -0.2) is 13.7 Å². The summed E-state index contributed by atoms with van der Waals surface area (Å²) >= 11 is 6.20. The van der Waals surface area contributed by atoms with Crippen molar-refractivity contribution in [2.24, 2.45) is 5.73 Å². The molecule has 0 amide bonds. The van der Waals surface area contributed by atoms with E-state index in [-0.39, 0.29) is 0 Å². The van der Waals surface area contributed by atoms with Crippen LogP contribution in [0.3, 0.4) is 0 Å². The fraction of sp³-hybridized carbons (Fsp3) is 0.500. The van der Waals surface area contributed by atoms with Crippen molar-refractivity contribution in [1.29, 1.82) is 0 Å². The summed E-state index contributed by atoms with van der Waals surface area (Å²) in [6.45, 7) is 2.78. The van der Waals surface area contributed by atoms with Crippen LogP contribution in [0.25, 0.3) is 0 Å². The number of benzene rings is 1. The van der Waals surface area contributed by atoms with Crippen LogP contribution in [0.5, 0.6) is 5.75 Å². The maximum Gasteiger partial charge on any atom is 0.137 e. The summed E-state index contributed by atoms with van der Waals surface area (Å²) < 4.78 is 5.22. The molecule has 0 spiro atoms. The standard InChI is InChI=1S/C12H18ClNO/c1-9-7-10(5-3-4-6-14)12(13)11(8-9)15-2/h7-8H,3-6,14H2,1-2H3. The van der Waals surface area contributed by atoms with Crippen LogP contribution in [0.4, 0.5) is 0 Å². The maximum atomic E-state index is 6.20. The minimum atomic E-state index is 0.736. The molecule has 2 N–H and O–H groups in total. The van der Waals surface area contributed by atoms with Crippen LogP contribution in [0.15, 0.2) is 12.1 Å². The van der Waals surface area contributed by atoms with E-state index in [0.717, 1.165) is 42.1 Å². The molecule has 0 fully saturated rings. The second-order valence-corrected chi connectivity index (χ2v) is 4.06. The Labute approximate surface area is 96.4 Å². The Hall–Kier alpha value is -0.730. The van der Waals surface area contributed by atoms with Gasteiger partial charge in [-0.1, -0.05) is 17.7 Å². The van der Waals surface area contributed by atoms with E-state index in [1.807, 2.05) is 13.0 Å². The normalized spacial score (nSPS) is 10.4. The Morgan fingerprint density at radius 3 is 2.67 bits per heavy atom. The highest BCUT2D eigenvalue weighted by Gasteiger charge is 2.07. The van der Waals surface area contributed by atoms with Crippen molar-refractivity contribution in [2.45, 2.75) is 26.2 Å². The van der Waals surface area contributed by atoms with Gasteiger partial charge in [0.2, 0.25) is 0 Å². The van der Waals surface area contributed by atoms with Crippen molar-refractivity contribution in [3.63, 3.8) is 0 Å². The van der Waals surface area contributed by atoms with E-state index in [2.05, 4.69) is 6.07 Å². The molecule has 0 unspecified atom stereocenters. The van der Waals surface area contributed by atoms with Crippen LogP contribution in [0.1, 0.15) is 24.0 Å². The number of hydrogen-bond donors (Lipinski definition) is 1. The fourth-order valence-corrected chi connectivity index (χ4v) is 1.88. The number of methoxy groups -OCH3 is 1. The third-order valence-electron chi connectivity index (χ3n) is 2.38. The lowest BCUT2D eigenvalue weighted by atomic mass is 10.0. The Balaban J connectivity index is 2.81. The Morgan fingerprint density at radius 2 is 2.07 bits per heavy atom. The topological polar surface area (TPSA) is 35.2 Å². The zero-order valence-corrected chi connectivity index (χ0v) is 10.1. The molecule has 1 rings (SSSR count). The van der Waals surface area contributed by atoms with E-state index >= 15 is 0 Å². The lowest BCUT2D eigenvalue weighted by molar-refractivity contribution is 0.414. The molecule has 0 saturated heterocycles. The minimum absolute atomic E-state index is 0.736. The van der Waals surface area contributed by atoms with Crippen molar-refractivity contribution in [3.05, 3.63) is 28.3 Å². The third-order valence-corrected chi connectivity index (χ3v) is 2.81. The fourth-order valence-electron chi connectivity index (χ4n) is 1.60. The van der Waals surface area contributed by atoms with Crippen LogP contribution >= 0.6 is 11.6 Å². The molecule has 2 nitrogen and oxygen atoms in total. The van der Waals surface area contributed by atoms with Gasteiger partial charge in [-0.25, -0.2) is 0 Å². The molecular weight excluding hydrogens is 210 g/mol. The quantitative estimate of drug-likeness (QED) is 0.785. The lowest BCUT2D eigenvalue weighted by Gasteiger charge is -2.10. The number of halogens is 1. The molecule has 84 valence electrons. The first-order chi connectivity index (χ1) is 7.19. The van der Waals surface area contributed by atoms with Crippen molar-refractivity contribution >= 4 is 11.6 Å². The highest BCUT2D eigenvalue weighted by Crippen LogP contribution is 2.30. The van der Waals surface area contributed by atoms with E-state index in [1.165, 1.54) is 5.56 Å². The first kappa shape index (κ1) is 12.3. The Bertz CT molecular complexity index is 326. The number of rotatable bonds is 5. The zero-order chi connectivity index (χ0) is 11.3. The molecule has 1 aromatic carbocycles. The minimum Gasteiger partial charge on any atom is -0.495 e. The molecule has 0 aliphatic heterocycles. The molecule has 0 aliphatic rings. The van der Waals surface area contributed by atoms with E-state index in [0.29, 0.717) is 0 Å². The van der Waals surface area contributed by atoms with Gasteiger partial charge < -0.3 is 10.5 Å². The van der Waals surface area contributed by atoms with Crippen molar-refractivity contribution in [2.75, 3.05) is 13.7 Å². The Kier molecular flexibility index (Phi) is 4.92. The van der Waals surface area contributed by atoms with Gasteiger partial charge in [-0.15, -0.1) is 0 Å². The van der Waals surface area contributed by atoms with Crippen molar-refractivity contribution in [1.82, 2.24) is 0 Å². The van der Waals surface area contributed by atoms with Gasteiger partial charge in [0.25, 0.3) is 0 Å². The summed E-state index contributed by atoms with van der Waals surface area (Å²) in [5.41, 5.74) is 7.79. The summed E-state index contributed by atoms with van der Waals surface area (Å²) in [4.78, 5) is 0. The van der Waals surface area contributed by atoms with Crippen LogP contribution in [0.2, 0.25) is 5.02 Å². The first-order valence-electron chi connectivity index (χ1n) is 5.22.